The quantitative estimate of drug-likeness (QED) is 0.503. The maximum Gasteiger partial charge on any atom is 0.323 e. The number of hydrogen-bond donors (Lipinski definition) is 3. The lowest BCUT2D eigenvalue weighted by Crippen LogP contribution is -2.45. The maximum atomic E-state index is 12.4. The van der Waals surface area contributed by atoms with E-state index in [0.717, 1.165) is 4.90 Å². The average molecular weight is 455 g/mol. The molecule has 0 radical (unpaired) electrons. The van der Waals surface area contributed by atoms with E-state index in [0.29, 0.717) is 11.3 Å². The Kier molecular flexibility index (Phi) is 7.81. The lowest BCUT2D eigenvalue weighted by molar-refractivity contribution is -0.135. The molecule has 0 fully saturated rings. The number of phenols is 1. The number of urea groups is 1. The molecule has 0 aliphatic carbocycles. The summed E-state index contributed by atoms with van der Waals surface area (Å²) in [4.78, 5) is 24.7. The summed E-state index contributed by atoms with van der Waals surface area (Å²) in [7, 11) is 0. The molecule has 2 amide bonds. The predicted molar refractivity (Wildman–Crippen MR) is 117 cm³/mol. The van der Waals surface area contributed by atoms with Crippen LogP contribution in [-0.2, 0) is 4.79 Å². The Balaban J connectivity index is 2.39. The number of halogens is 2. The predicted octanol–water partition coefficient (Wildman–Crippen LogP) is 5.62. The smallest absolute Gasteiger partial charge is 0.323 e. The van der Waals surface area contributed by atoms with E-state index in [1.807, 2.05) is 13.8 Å². The number of aromatic hydroxyl groups is 1. The first kappa shape index (κ1) is 23.6. The average Bonchev–Trinajstić information content (AvgIpc) is 2.62. The number of carbonyl (C=O) groups is 2. The number of nitrogens with zero attached hydrogens (tertiary/aromatic N) is 1. The number of anilines is 1. The van der Waals surface area contributed by atoms with E-state index in [9.17, 15) is 19.8 Å². The normalized spacial score (nSPS) is 10.9. The standard InChI is InChI=1S/C21H24Cl2N2O5/c1-11(2)15-9-14(5-6-18(15)26)30-20-16(22)7-13(8-17(20)23)25(10-19(27)28)21(29)24-12(3)4/h5-9,11-12,26H,10H2,1-4H3,(H,24,29)(H,27,28). The van der Waals surface area contributed by atoms with Crippen LogP contribution in [0, 0.1) is 0 Å². The molecule has 3 N–H and O–H groups in total. The number of amides is 2. The van der Waals surface area contributed by atoms with Crippen molar-refractivity contribution in [1.29, 1.82) is 0 Å². The van der Waals surface area contributed by atoms with Crippen LogP contribution in [0.4, 0.5) is 10.5 Å². The van der Waals surface area contributed by atoms with E-state index < -0.39 is 18.5 Å². The molecule has 9 heteroatoms. The fourth-order valence-electron chi connectivity index (χ4n) is 2.72. The number of hydrogen-bond acceptors (Lipinski definition) is 4. The third kappa shape index (κ3) is 5.93. The van der Waals surface area contributed by atoms with Gasteiger partial charge >= 0.3 is 12.0 Å². The summed E-state index contributed by atoms with van der Waals surface area (Å²) in [6.07, 6.45) is 0. The zero-order valence-corrected chi connectivity index (χ0v) is 18.6. The first-order valence-corrected chi connectivity index (χ1v) is 10.0. The highest BCUT2D eigenvalue weighted by Gasteiger charge is 2.22. The van der Waals surface area contributed by atoms with Crippen LogP contribution in [0.3, 0.4) is 0 Å². The van der Waals surface area contributed by atoms with E-state index in [1.54, 1.807) is 26.0 Å². The van der Waals surface area contributed by atoms with E-state index >= 15 is 0 Å². The molecule has 30 heavy (non-hydrogen) atoms. The van der Waals surface area contributed by atoms with Gasteiger partial charge in [0.15, 0.2) is 5.75 Å². The van der Waals surface area contributed by atoms with Crippen LogP contribution in [0.2, 0.25) is 10.0 Å². The molecular formula is C21H24Cl2N2O5. The van der Waals surface area contributed by atoms with Crippen molar-refractivity contribution in [2.45, 2.75) is 39.7 Å². The van der Waals surface area contributed by atoms with Gasteiger partial charge in [-0.1, -0.05) is 37.0 Å². The summed E-state index contributed by atoms with van der Waals surface area (Å²) < 4.78 is 5.82. The molecule has 0 heterocycles. The zero-order chi connectivity index (χ0) is 22.6. The Morgan fingerprint density at radius 2 is 1.70 bits per heavy atom. The number of carboxylic acid groups (broad SMARTS) is 1. The van der Waals surface area contributed by atoms with Gasteiger partial charge in [-0.25, -0.2) is 4.79 Å². The minimum absolute atomic E-state index is 0.0749. The second kappa shape index (κ2) is 9.91. The Morgan fingerprint density at radius 1 is 1.10 bits per heavy atom. The van der Waals surface area contributed by atoms with Crippen molar-refractivity contribution in [2.24, 2.45) is 0 Å². The lowest BCUT2D eigenvalue weighted by atomic mass is 10.0. The lowest BCUT2D eigenvalue weighted by Gasteiger charge is -2.24. The van der Waals surface area contributed by atoms with Crippen molar-refractivity contribution in [3.05, 3.63) is 45.9 Å². The Bertz CT molecular complexity index is 924. The molecule has 0 saturated carbocycles. The number of ether oxygens (including phenoxy) is 1. The molecule has 0 bridgehead atoms. The maximum absolute atomic E-state index is 12.4. The van der Waals surface area contributed by atoms with Gasteiger partial charge in [-0.15, -0.1) is 0 Å². The van der Waals surface area contributed by atoms with Crippen LogP contribution in [0.15, 0.2) is 30.3 Å². The van der Waals surface area contributed by atoms with Gasteiger partial charge in [0.05, 0.1) is 10.0 Å². The molecule has 0 spiro atoms. The number of benzene rings is 2. The van der Waals surface area contributed by atoms with Crippen LogP contribution < -0.4 is 15.0 Å². The molecule has 0 saturated heterocycles. The molecule has 0 aromatic heterocycles. The first-order valence-electron chi connectivity index (χ1n) is 9.29. The second-order valence-electron chi connectivity index (χ2n) is 7.30. The fraction of sp³-hybridized carbons (Fsp3) is 0.333. The Labute approximate surface area is 185 Å². The topological polar surface area (TPSA) is 99.1 Å². The van der Waals surface area contributed by atoms with E-state index in [-0.39, 0.29) is 39.2 Å². The van der Waals surface area contributed by atoms with Gasteiger partial charge in [-0.05, 0) is 50.1 Å². The van der Waals surface area contributed by atoms with Crippen LogP contribution in [0.5, 0.6) is 17.2 Å². The number of carbonyl (C=O) groups excluding carboxylic acids is 1. The summed E-state index contributed by atoms with van der Waals surface area (Å²) in [5, 5.41) is 22.0. The molecule has 0 aliphatic rings. The van der Waals surface area contributed by atoms with Crippen LogP contribution in [-0.4, -0.2) is 34.8 Å². The molecule has 7 nitrogen and oxygen atoms in total. The number of phenolic OH excluding ortho intramolecular Hbond substituents is 1. The van der Waals surface area contributed by atoms with Crippen molar-refractivity contribution in [3.8, 4) is 17.2 Å². The largest absolute Gasteiger partial charge is 0.508 e. The van der Waals surface area contributed by atoms with Crippen molar-refractivity contribution in [2.75, 3.05) is 11.4 Å². The van der Waals surface area contributed by atoms with E-state index in [2.05, 4.69) is 5.32 Å². The summed E-state index contributed by atoms with van der Waals surface area (Å²) in [5.74, 6) is -0.377. The number of carboxylic acids is 1. The van der Waals surface area contributed by atoms with Gasteiger partial charge in [-0.2, -0.15) is 0 Å². The monoisotopic (exact) mass is 454 g/mol. The molecule has 2 rings (SSSR count). The molecule has 2 aromatic rings. The molecular weight excluding hydrogens is 431 g/mol. The number of rotatable bonds is 7. The van der Waals surface area contributed by atoms with Crippen LogP contribution in [0.25, 0.3) is 0 Å². The molecule has 0 atom stereocenters. The highest BCUT2D eigenvalue weighted by atomic mass is 35.5. The Hall–Kier alpha value is -2.64. The van der Waals surface area contributed by atoms with Crippen LogP contribution in [0.1, 0.15) is 39.2 Å². The fourth-order valence-corrected chi connectivity index (χ4v) is 3.27. The highest BCUT2D eigenvalue weighted by molar-refractivity contribution is 6.37. The second-order valence-corrected chi connectivity index (χ2v) is 8.11. The summed E-state index contributed by atoms with van der Waals surface area (Å²) >= 11 is 12.7. The molecule has 2 aromatic carbocycles. The zero-order valence-electron chi connectivity index (χ0n) is 17.1. The molecule has 0 unspecified atom stereocenters. The first-order chi connectivity index (χ1) is 14.0. The summed E-state index contributed by atoms with van der Waals surface area (Å²) in [6, 6.07) is 6.83. The van der Waals surface area contributed by atoms with E-state index in [1.165, 1.54) is 18.2 Å². The van der Waals surface area contributed by atoms with E-state index in [4.69, 9.17) is 27.9 Å². The minimum Gasteiger partial charge on any atom is -0.508 e. The number of aliphatic carboxylic acids is 1. The van der Waals surface area contributed by atoms with Crippen molar-refractivity contribution >= 4 is 40.9 Å². The van der Waals surface area contributed by atoms with Crippen molar-refractivity contribution in [3.63, 3.8) is 0 Å². The minimum atomic E-state index is -1.19. The summed E-state index contributed by atoms with van der Waals surface area (Å²) in [6.45, 7) is 6.83. The van der Waals surface area contributed by atoms with Crippen LogP contribution >= 0.6 is 23.2 Å². The third-order valence-corrected chi connectivity index (χ3v) is 4.65. The van der Waals surface area contributed by atoms with Gasteiger partial charge in [0.1, 0.15) is 18.0 Å². The number of nitrogens with one attached hydrogen (secondary N) is 1. The van der Waals surface area contributed by atoms with Gasteiger partial charge in [0, 0.05) is 17.3 Å². The molecule has 162 valence electrons. The van der Waals surface area contributed by atoms with Crippen molar-refractivity contribution < 1.29 is 24.5 Å². The SMILES string of the molecule is CC(C)NC(=O)N(CC(=O)O)c1cc(Cl)c(Oc2ccc(O)c(C(C)C)c2)c(Cl)c1. The van der Waals surface area contributed by atoms with Gasteiger partial charge < -0.3 is 20.3 Å². The van der Waals surface area contributed by atoms with Gasteiger partial charge in [0.2, 0.25) is 0 Å². The summed E-state index contributed by atoms with van der Waals surface area (Å²) in [5.41, 5.74) is 0.917. The molecule has 0 aliphatic heterocycles. The van der Waals surface area contributed by atoms with Crippen molar-refractivity contribution in [1.82, 2.24) is 5.32 Å². The highest BCUT2D eigenvalue weighted by Crippen LogP contribution is 2.41. The third-order valence-electron chi connectivity index (χ3n) is 4.09. The van der Waals surface area contributed by atoms with Gasteiger partial charge in [0.25, 0.3) is 0 Å². The van der Waals surface area contributed by atoms with Gasteiger partial charge in [-0.3, -0.25) is 9.69 Å². The Morgan fingerprint density at radius 3 is 2.20 bits per heavy atom.